The maximum absolute atomic E-state index is 5.93. The van der Waals surface area contributed by atoms with Crippen LogP contribution in [0.2, 0.25) is 5.15 Å². The molecule has 0 saturated heterocycles. The van der Waals surface area contributed by atoms with Crippen LogP contribution in [0.3, 0.4) is 0 Å². The third-order valence-corrected chi connectivity index (χ3v) is 2.43. The van der Waals surface area contributed by atoms with Crippen molar-refractivity contribution >= 4 is 11.6 Å². The first kappa shape index (κ1) is 14.2. The van der Waals surface area contributed by atoms with Crippen LogP contribution in [-0.2, 0) is 15.9 Å². The standard InChI is InChI=1S/C11H17ClN2O3/c1-3-9-10(12)13-8-14-11(9)17-7-6-16-5-4-15-2/h8H,3-7H2,1-2H3. The molecule has 0 bridgehead atoms. The van der Waals surface area contributed by atoms with E-state index in [0.717, 1.165) is 12.0 Å². The molecule has 6 heteroatoms. The highest BCUT2D eigenvalue weighted by Crippen LogP contribution is 2.21. The quantitative estimate of drug-likeness (QED) is 0.526. The second kappa shape index (κ2) is 8.22. The van der Waals surface area contributed by atoms with E-state index in [2.05, 4.69) is 9.97 Å². The molecule has 1 aromatic rings. The normalized spacial score (nSPS) is 10.5. The van der Waals surface area contributed by atoms with Gasteiger partial charge in [-0.25, -0.2) is 9.97 Å². The third kappa shape index (κ3) is 4.85. The molecule has 0 aliphatic rings. The summed E-state index contributed by atoms with van der Waals surface area (Å²) in [5.74, 6) is 0.530. The summed E-state index contributed by atoms with van der Waals surface area (Å²) in [6.07, 6.45) is 2.13. The Morgan fingerprint density at radius 3 is 2.65 bits per heavy atom. The van der Waals surface area contributed by atoms with Crippen LogP contribution in [0.1, 0.15) is 12.5 Å². The van der Waals surface area contributed by atoms with Crippen LogP contribution < -0.4 is 4.74 Å². The second-order valence-electron chi connectivity index (χ2n) is 3.26. The predicted octanol–water partition coefficient (Wildman–Crippen LogP) is 1.73. The van der Waals surface area contributed by atoms with Crippen LogP contribution in [0.5, 0.6) is 5.88 Å². The lowest BCUT2D eigenvalue weighted by Crippen LogP contribution is -2.11. The fourth-order valence-electron chi connectivity index (χ4n) is 1.24. The van der Waals surface area contributed by atoms with Crippen LogP contribution in [0, 0.1) is 0 Å². The highest BCUT2D eigenvalue weighted by atomic mass is 35.5. The lowest BCUT2D eigenvalue weighted by Gasteiger charge is -2.09. The number of nitrogens with zero attached hydrogens (tertiary/aromatic N) is 2. The van der Waals surface area contributed by atoms with Gasteiger partial charge in [0.1, 0.15) is 18.1 Å². The first-order valence-electron chi connectivity index (χ1n) is 5.48. The minimum Gasteiger partial charge on any atom is -0.475 e. The molecule has 0 amide bonds. The Bertz CT molecular complexity index is 336. The first-order chi connectivity index (χ1) is 8.29. The fourth-order valence-corrected chi connectivity index (χ4v) is 1.50. The van der Waals surface area contributed by atoms with Gasteiger partial charge in [0.15, 0.2) is 0 Å². The molecule has 0 spiro atoms. The van der Waals surface area contributed by atoms with E-state index in [9.17, 15) is 0 Å². The molecule has 0 N–H and O–H groups in total. The molecule has 1 heterocycles. The molecule has 96 valence electrons. The van der Waals surface area contributed by atoms with E-state index in [4.69, 9.17) is 25.8 Å². The SMILES string of the molecule is CCc1c(Cl)ncnc1OCCOCCOC. The van der Waals surface area contributed by atoms with Crippen molar-refractivity contribution in [1.29, 1.82) is 0 Å². The molecule has 0 aromatic carbocycles. The molecule has 0 aliphatic carbocycles. The zero-order chi connectivity index (χ0) is 12.5. The summed E-state index contributed by atoms with van der Waals surface area (Å²) >= 11 is 5.93. The lowest BCUT2D eigenvalue weighted by atomic mass is 10.2. The van der Waals surface area contributed by atoms with Gasteiger partial charge in [-0.2, -0.15) is 0 Å². The molecule has 0 atom stereocenters. The second-order valence-corrected chi connectivity index (χ2v) is 3.61. The monoisotopic (exact) mass is 260 g/mol. The summed E-state index contributed by atoms with van der Waals surface area (Å²) in [4.78, 5) is 7.95. The van der Waals surface area contributed by atoms with Crippen LogP contribution >= 0.6 is 11.6 Å². The molecule has 5 nitrogen and oxygen atoms in total. The van der Waals surface area contributed by atoms with Gasteiger partial charge in [0.05, 0.1) is 25.4 Å². The number of hydrogen-bond donors (Lipinski definition) is 0. The predicted molar refractivity (Wildman–Crippen MR) is 64.6 cm³/mol. The highest BCUT2D eigenvalue weighted by molar-refractivity contribution is 6.30. The average molecular weight is 261 g/mol. The Labute approximate surface area is 106 Å². The zero-order valence-corrected chi connectivity index (χ0v) is 10.9. The van der Waals surface area contributed by atoms with Crippen molar-refractivity contribution in [1.82, 2.24) is 9.97 Å². The number of halogens is 1. The summed E-state index contributed by atoms with van der Waals surface area (Å²) in [6.45, 7) is 4.05. The largest absolute Gasteiger partial charge is 0.475 e. The first-order valence-corrected chi connectivity index (χ1v) is 5.86. The lowest BCUT2D eigenvalue weighted by molar-refractivity contribution is 0.0535. The number of ether oxygens (including phenoxy) is 3. The zero-order valence-electron chi connectivity index (χ0n) is 10.1. The van der Waals surface area contributed by atoms with Crippen LogP contribution in [-0.4, -0.2) is 43.5 Å². The molecule has 0 fully saturated rings. The molecule has 1 rings (SSSR count). The molecular weight excluding hydrogens is 244 g/mol. The van der Waals surface area contributed by atoms with E-state index in [1.807, 2.05) is 6.92 Å². The number of hydrogen-bond acceptors (Lipinski definition) is 5. The van der Waals surface area contributed by atoms with Gasteiger partial charge in [-0.3, -0.25) is 0 Å². The van der Waals surface area contributed by atoms with Crippen molar-refractivity contribution in [3.63, 3.8) is 0 Å². The summed E-state index contributed by atoms with van der Waals surface area (Å²) in [5, 5.41) is 0.442. The number of rotatable bonds is 8. The average Bonchev–Trinajstić information content (AvgIpc) is 2.34. The van der Waals surface area contributed by atoms with E-state index in [0.29, 0.717) is 37.5 Å². The van der Waals surface area contributed by atoms with Gasteiger partial charge >= 0.3 is 0 Å². The van der Waals surface area contributed by atoms with Crippen LogP contribution in [0.4, 0.5) is 0 Å². The Balaban J connectivity index is 2.33. The minimum atomic E-state index is 0.435. The van der Waals surface area contributed by atoms with E-state index >= 15 is 0 Å². The van der Waals surface area contributed by atoms with E-state index in [-0.39, 0.29) is 0 Å². The van der Waals surface area contributed by atoms with Crippen LogP contribution in [0.25, 0.3) is 0 Å². The van der Waals surface area contributed by atoms with Crippen molar-refractivity contribution in [2.24, 2.45) is 0 Å². The van der Waals surface area contributed by atoms with Gasteiger partial charge in [0.2, 0.25) is 5.88 Å². The Kier molecular flexibility index (Phi) is 6.84. The van der Waals surface area contributed by atoms with E-state index in [1.54, 1.807) is 7.11 Å². The van der Waals surface area contributed by atoms with Gasteiger partial charge in [-0.05, 0) is 6.42 Å². The number of methoxy groups -OCH3 is 1. The maximum Gasteiger partial charge on any atom is 0.221 e. The van der Waals surface area contributed by atoms with Crippen molar-refractivity contribution in [3.8, 4) is 5.88 Å². The summed E-state index contributed by atoms with van der Waals surface area (Å²) in [6, 6.07) is 0. The smallest absolute Gasteiger partial charge is 0.221 e. The summed E-state index contributed by atoms with van der Waals surface area (Å²) in [5.41, 5.74) is 0.825. The van der Waals surface area contributed by atoms with Gasteiger partial charge in [-0.1, -0.05) is 18.5 Å². The fraction of sp³-hybridized carbons (Fsp3) is 0.636. The molecule has 1 aromatic heterocycles. The molecule has 0 saturated carbocycles. The van der Waals surface area contributed by atoms with Crippen molar-refractivity contribution in [3.05, 3.63) is 17.0 Å². The van der Waals surface area contributed by atoms with E-state index < -0.39 is 0 Å². The third-order valence-electron chi connectivity index (χ3n) is 2.11. The Hall–Kier alpha value is -0.910. The number of aromatic nitrogens is 2. The van der Waals surface area contributed by atoms with Gasteiger partial charge in [0.25, 0.3) is 0 Å². The molecule has 17 heavy (non-hydrogen) atoms. The molecular formula is C11H17ClN2O3. The maximum atomic E-state index is 5.93. The summed E-state index contributed by atoms with van der Waals surface area (Å²) in [7, 11) is 1.64. The molecule has 0 aliphatic heterocycles. The molecule has 0 radical (unpaired) electrons. The van der Waals surface area contributed by atoms with Crippen molar-refractivity contribution in [2.75, 3.05) is 33.5 Å². The Morgan fingerprint density at radius 1 is 1.18 bits per heavy atom. The Morgan fingerprint density at radius 2 is 1.94 bits per heavy atom. The van der Waals surface area contributed by atoms with Gasteiger partial charge < -0.3 is 14.2 Å². The topological polar surface area (TPSA) is 53.5 Å². The van der Waals surface area contributed by atoms with Gasteiger partial charge in [0, 0.05) is 7.11 Å². The summed E-state index contributed by atoms with van der Waals surface area (Å²) < 4.78 is 15.6. The van der Waals surface area contributed by atoms with Crippen molar-refractivity contribution < 1.29 is 14.2 Å². The van der Waals surface area contributed by atoms with E-state index in [1.165, 1.54) is 6.33 Å². The van der Waals surface area contributed by atoms with Crippen molar-refractivity contribution in [2.45, 2.75) is 13.3 Å². The van der Waals surface area contributed by atoms with Crippen LogP contribution in [0.15, 0.2) is 6.33 Å². The highest BCUT2D eigenvalue weighted by Gasteiger charge is 2.08. The van der Waals surface area contributed by atoms with Gasteiger partial charge in [-0.15, -0.1) is 0 Å². The minimum absolute atomic E-state index is 0.435. The molecule has 0 unspecified atom stereocenters.